The second kappa shape index (κ2) is 5.41. The van der Waals surface area contributed by atoms with Crippen LogP contribution in [-0.4, -0.2) is 9.13 Å². The molecule has 0 unspecified atom stereocenters. The molecule has 0 bridgehead atoms. The summed E-state index contributed by atoms with van der Waals surface area (Å²) in [5.41, 5.74) is 7.77. The third-order valence-electron chi connectivity index (χ3n) is 5.31. The highest BCUT2D eigenvalue weighted by molar-refractivity contribution is 5.98. The average Bonchev–Trinajstić information content (AvgIpc) is 3.00. The van der Waals surface area contributed by atoms with E-state index >= 15 is 0 Å². The van der Waals surface area contributed by atoms with E-state index in [1.165, 1.54) is 44.3 Å². The van der Waals surface area contributed by atoms with E-state index in [-0.39, 0.29) is 0 Å². The lowest BCUT2D eigenvalue weighted by atomic mass is 10.1. The minimum absolute atomic E-state index is 1.28. The van der Waals surface area contributed by atoms with Crippen LogP contribution in [0.25, 0.3) is 34.0 Å². The molecular weight excluding hydrogens is 292 g/mol. The highest BCUT2D eigenvalue weighted by Crippen LogP contribution is 2.30. The Hall–Kier alpha value is -2.74. The summed E-state index contributed by atoms with van der Waals surface area (Å²) >= 11 is 0. The number of nitrogens with zero attached hydrogens (tertiary/aromatic N) is 2. The van der Waals surface area contributed by atoms with E-state index in [1.54, 1.807) is 0 Å². The maximum absolute atomic E-state index is 2.27. The van der Waals surface area contributed by atoms with Crippen molar-refractivity contribution in [1.29, 1.82) is 0 Å². The van der Waals surface area contributed by atoms with E-state index in [0.29, 0.717) is 0 Å². The maximum Gasteiger partial charge on any atom is 0.0486 e. The quantitative estimate of drug-likeness (QED) is 0.465. The third-order valence-corrected chi connectivity index (χ3v) is 5.31. The number of benzene rings is 2. The van der Waals surface area contributed by atoms with Crippen LogP contribution >= 0.6 is 0 Å². The minimum atomic E-state index is 1.28. The van der Waals surface area contributed by atoms with Crippen molar-refractivity contribution in [2.24, 2.45) is 14.1 Å². The number of aromatic nitrogens is 2. The monoisotopic (exact) mass is 314 g/mol. The molecule has 0 fully saturated rings. The van der Waals surface area contributed by atoms with Gasteiger partial charge in [0.25, 0.3) is 0 Å². The number of aryl methyl sites for hydroxylation is 2. The molecule has 0 radical (unpaired) electrons. The van der Waals surface area contributed by atoms with E-state index in [2.05, 4.69) is 97.8 Å². The summed E-state index contributed by atoms with van der Waals surface area (Å²) in [4.78, 5) is 0. The first kappa shape index (κ1) is 14.8. The lowest BCUT2D eigenvalue weighted by Gasteiger charge is -1.99. The van der Waals surface area contributed by atoms with Gasteiger partial charge in [0.1, 0.15) is 0 Å². The molecule has 2 nitrogen and oxygen atoms in total. The number of rotatable bonds is 2. The van der Waals surface area contributed by atoms with E-state index in [9.17, 15) is 0 Å². The van der Waals surface area contributed by atoms with Crippen LogP contribution < -0.4 is 0 Å². The van der Waals surface area contributed by atoms with Gasteiger partial charge in [-0.05, 0) is 26.0 Å². The molecular formula is C22H22N2. The molecule has 0 N–H and O–H groups in total. The summed E-state index contributed by atoms with van der Waals surface area (Å²) in [5.74, 6) is 0. The molecule has 2 heteroatoms. The van der Waals surface area contributed by atoms with Gasteiger partial charge < -0.3 is 9.13 Å². The molecule has 2 aromatic carbocycles. The Balaban J connectivity index is 1.91. The van der Waals surface area contributed by atoms with Crippen LogP contribution in [0.5, 0.6) is 0 Å². The van der Waals surface area contributed by atoms with E-state index in [1.807, 2.05) is 0 Å². The van der Waals surface area contributed by atoms with Crippen molar-refractivity contribution in [2.45, 2.75) is 13.8 Å². The molecule has 0 aliphatic heterocycles. The van der Waals surface area contributed by atoms with Gasteiger partial charge in [-0.1, -0.05) is 48.6 Å². The Morgan fingerprint density at radius 1 is 0.625 bits per heavy atom. The Morgan fingerprint density at radius 3 is 1.42 bits per heavy atom. The van der Waals surface area contributed by atoms with Crippen molar-refractivity contribution in [3.63, 3.8) is 0 Å². The van der Waals surface area contributed by atoms with Gasteiger partial charge in [0, 0.05) is 58.4 Å². The molecule has 4 rings (SSSR count). The zero-order valence-corrected chi connectivity index (χ0v) is 14.7. The number of hydrogen-bond donors (Lipinski definition) is 0. The molecule has 0 saturated heterocycles. The SMILES string of the molecule is Cc1c(/C=C/c2c(C)n(C)c3ccccc23)c2ccccc2n1C. The largest absolute Gasteiger partial charge is 0.347 e. The standard InChI is InChI=1S/C22H22N2/c1-15-17(19-9-5-7-11-21(19)23(15)3)13-14-18-16(2)24(4)22-12-8-6-10-20(18)22/h5-14H,1-4H3/b14-13+. The predicted octanol–water partition coefficient (Wildman–Crippen LogP) is 5.46. The molecule has 2 heterocycles. The van der Waals surface area contributed by atoms with Gasteiger partial charge in [-0.15, -0.1) is 0 Å². The van der Waals surface area contributed by atoms with Gasteiger partial charge in [-0.2, -0.15) is 0 Å². The third kappa shape index (κ3) is 2.03. The van der Waals surface area contributed by atoms with Gasteiger partial charge in [0.05, 0.1) is 0 Å². The van der Waals surface area contributed by atoms with Gasteiger partial charge in [-0.3, -0.25) is 0 Å². The summed E-state index contributed by atoms with van der Waals surface area (Å²) in [7, 11) is 4.27. The lowest BCUT2D eigenvalue weighted by molar-refractivity contribution is 0.915. The zero-order valence-electron chi connectivity index (χ0n) is 14.7. The van der Waals surface area contributed by atoms with Crippen molar-refractivity contribution in [3.8, 4) is 0 Å². The van der Waals surface area contributed by atoms with Crippen LogP contribution in [0.3, 0.4) is 0 Å². The van der Waals surface area contributed by atoms with Crippen LogP contribution in [0.15, 0.2) is 48.5 Å². The van der Waals surface area contributed by atoms with Crippen LogP contribution in [0.2, 0.25) is 0 Å². The highest BCUT2D eigenvalue weighted by Gasteiger charge is 2.11. The molecule has 4 aromatic rings. The van der Waals surface area contributed by atoms with Crippen molar-refractivity contribution >= 4 is 34.0 Å². The second-order valence-corrected chi connectivity index (χ2v) is 6.48. The fourth-order valence-electron chi connectivity index (χ4n) is 3.69. The molecule has 0 aliphatic rings. The molecule has 0 atom stereocenters. The summed E-state index contributed by atoms with van der Waals surface area (Å²) in [6.45, 7) is 4.38. The van der Waals surface area contributed by atoms with Crippen molar-refractivity contribution in [3.05, 3.63) is 71.0 Å². The summed E-state index contributed by atoms with van der Waals surface area (Å²) in [6.07, 6.45) is 4.54. The number of para-hydroxylation sites is 2. The molecule has 0 aliphatic carbocycles. The molecule has 2 aromatic heterocycles. The Kier molecular flexibility index (Phi) is 3.34. The van der Waals surface area contributed by atoms with Gasteiger partial charge in [0.15, 0.2) is 0 Å². The fraction of sp³-hybridized carbons (Fsp3) is 0.182. The number of fused-ring (bicyclic) bond motifs is 2. The smallest absolute Gasteiger partial charge is 0.0486 e. The number of hydrogen-bond acceptors (Lipinski definition) is 0. The first-order valence-corrected chi connectivity index (χ1v) is 8.35. The molecule has 0 spiro atoms. The van der Waals surface area contributed by atoms with E-state index in [0.717, 1.165) is 0 Å². The van der Waals surface area contributed by atoms with E-state index in [4.69, 9.17) is 0 Å². The van der Waals surface area contributed by atoms with Gasteiger partial charge >= 0.3 is 0 Å². The molecule has 0 saturated carbocycles. The van der Waals surface area contributed by atoms with Crippen LogP contribution in [0.4, 0.5) is 0 Å². The second-order valence-electron chi connectivity index (χ2n) is 6.48. The summed E-state index contributed by atoms with van der Waals surface area (Å²) in [5, 5.41) is 2.62. The minimum Gasteiger partial charge on any atom is -0.347 e. The van der Waals surface area contributed by atoms with E-state index < -0.39 is 0 Å². The topological polar surface area (TPSA) is 9.86 Å². The van der Waals surface area contributed by atoms with Crippen molar-refractivity contribution in [1.82, 2.24) is 9.13 Å². The van der Waals surface area contributed by atoms with Crippen molar-refractivity contribution in [2.75, 3.05) is 0 Å². The average molecular weight is 314 g/mol. The summed E-state index contributed by atoms with van der Waals surface area (Å²) < 4.78 is 4.54. The summed E-state index contributed by atoms with van der Waals surface area (Å²) in [6, 6.07) is 17.2. The highest BCUT2D eigenvalue weighted by atomic mass is 14.9. The zero-order chi connectivity index (χ0) is 16.8. The van der Waals surface area contributed by atoms with Crippen LogP contribution in [0.1, 0.15) is 22.5 Å². The Morgan fingerprint density at radius 2 is 1.00 bits per heavy atom. The molecule has 120 valence electrons. The maximum atomic E-state index is 2.27. The first-order chi connectivity index (χ1) is 11.6. The lowest BCUT2D eigenvalue weighted by Crippen LogP contribution is -1.90. The fourth-order valence-corrected chi connectivity index (χ4v) is 3.69. The van der Waals surface area contributed by atoms with Crippen LogP contribution in [0, 0.1) is 13.8 Å². The predicted molar refractivity (Wildman–Crippen MR) is 104 cm³/mol. The van der Waals surface area contributed by atoms with Gasteiger partial charge in [-0.25, -0.2) is 0 Å². The van der Waals surface area contributed by atoms with Crippen molar-refractivity contribution < 1.29 is 0 Å². The van der Waals surface area contributed by atoms with Crippen LogP contribution in [-0.2, 0) is 14.1 Å². The Labute approximate surface area is 142 Å². The Bertz CT molecular complexity index is 1000. The molecule has 24 heavy (non-hydrogen) atoms. The molecule has 0 amide bonds. The first-order valence-electron chi connectivity index (χ1n) is 8.35. The van der Waals surface area contributed by atoms with Gasteiger partial charge in [0.2, 0.25) is 0 Å². The normalized spacial score (nSPS) is 12.0.